The molecule has 0 spiro atoms. The highest BCUT2D eigenvalue weighted by Gasteiger charge is 2.22. The first-order valence-electron chi connectivity index (χ1n) is 11.0. The van der Waals surface area contributed by atoms with Crippen LogP contribution in [-0.2, 0) is 0 Å². The number of anilines is 3. The Balaban J connectivity index is 1.53. The number of aromatic nitrogens is 2. The Morgan fingerprint density at radius 2 is 1.60 bits per heavy atom. The van der Waals surface area contributed by atoms with Gasteiger partial charge >= 0.3 is 0 Å². The average molecular weight is 532 g/mol. The Labute approximate surface area is 219 Å². The third-order valence-electron chi connectivity index (χ3n) is 5.36. The Morgan fingerprint density at radius 3 is 2.23 bits per heavy atom. The van der Waals surface area contributed by atoms with Gasteiger partial charge in [0.15, 0.2) is 0 Å². The summed E-state index contributed by atoms with van der Waals surface area (Å²) < 4.78 is 13.5. The normalized spacial score (nSPS) is 14.1. The Bertz CT molecular complexity index is 1220. The summed E-state index contributed by atoms with van der Waals surface area (Å²) in [7, 11) is 0. The number of piperazine rings is 1. The van der Waals surface area contributed by atoms with Crippen LogP contribution in [0.2, 0.25) is 10.0 Å². The van der Waals surface area contributed by atoms with Crippen LogP contribution in [0, 0.1) is 19.7 Å². The van der Waals surface area contributed by atoms with Gasteiger partial charge in [0, 0.05) is 54.0 Å². The van der Waals surface area contributed by atoms with Crippen LogP contribution in [0.4, 0.5) is 21.7 Å². The van der Waals surface area contributed by atoms with Crippen LogP contribution in [0.1, 0.15) is 11.4 Å². The Kier molecular flexibility index (Phi) is 8.00. The van der Waals surface area contributed by atoms with E-state index in [1.807, 2.05) is 44.2 Å². The van der Waals surface area contributed by atoms with Crippen molar-refractivity contribution in [1.82, 2.24) is 14.9 Å². The predicted molar refractivity (Wildman–Crippen MR) is 145 cm³/mol. The standard InChI is InChI=1S/C24H24Cl2FN7S/c1-15-13-16(2)29-22(28-15)31-23(32-24(35)30-18-5-8-21(27)20(26)14-18)34-11-9-33(10-12-34)19-6-3-17(25)4-7-19/h3-8,13-14H,9-12H2,1-2H3,(H2,28,29,30,31,32,35). The molecule has 3 aromatic rings. The molecular formula is C24H24Cl2FN7S. The molecule has 0 unspecified atom stereocenters. The van der Waals surface area contributed by atoms with Gasteiger partial charge in [-0.15, -0.1) is 0 Å². The molecular weight excluding hydrogens is 508 g/mol. The first-order chi connectivity index (χ1) is 16.8. The highest BCUT2D eigenvalue weighted by atomic mass is 35.5. The summed E-state index contributed by atoms with van der Waals surface area (Å²) in [4.78, 5) is 17.9. The van der Waals surface area contributed by atoms with Crippen molar-refractivity contribution in [2.75, 3.05) is 41.7 Å². The van der Waals surface area contributed by atoms with E-state index < -0.39 is 5.82 Å². The first kappa shape index (κ1) is 25.1. The molecule has 4 rings (SSSR count). The van der Waals surface area contributed by atoms with E-state index in [1.165, 1.54) is 12.1 Å². The summed E-state index contributed by atoms with van der Waals surface area (Å²) in [5.74, 6) is 0.463. The lowest BCUT2D eigenvalue weighted by Gasteiger charge is -2.37. The number of guanidine groups is 1. The summed E-state index contributed by atoms with van der Waals surface area (Å²) in [6.45, 7) is 6.78. The summed E-state index contributed by atoms with van der Waals surface area (Å²) in [5, 5.41) is 7.13. The maximum atomic E-state index is 13.5. The molecule has 0 aliphatic carbocycles. The van der Waals surface area contributed by atoms with E-state index in [0.717, 1.165) is 30.2 Å². The number of aryl methyl sites for hydroxylation is 2. The van der Waals surface area contributed by atoms with Crippen molar-refractivity contribution >= 4 is 63.8 Å². The Morgan fingerprint density at radius 1 is 0.943 bits per heavy atom. The van der Waals surface area contributed by atoms with Crippen molar-refractivity contribution in [1.29, 1.82) is 0 Å². The molecule has 0 amide bonds. The molecule has 1 aliphatic rings. The number of rotatable bonds is 3. The van der Waals surface area contributed by atoms with Gasteiger partial charge in [-0.2, -0.15) is 4.99 Å². The molecule has 0 bridgehead atoms. The van der Waals surface area contributed by atoms with Gasteiger partial charge < -0.3 is 15.1 Å². The lowest BCUT2D eigenvalue weighted by Crippen LogP contribution is -2.51. The van der Waals surface area contributed by atoms with Gasteiger partial charge in [-0.3, -0.25) is 5.32 Å². The monoisotopic (exact) mass is 531 g/mol. The molecule has 1 fully saturated rings. The third-order valence-corrected chi connectivity index (χ3v) is 6.09. The molecule has 1 aromatic heterocycles. The van der Waals surface area contributed by atoms with Gasteiger partial charge in [0.25, 0.3) is 0 Å². The van der Waals surface area contributed by atoms with Gasteiger partial charge in [-0.05, 0) is 74.6 Å². The second-order valence-electron chi connectivity index (χ2n) is 8.04. The Hall–Kier alpha value is -3.01. The molecule has 35 heavy (non-hydrogen) atoms. The van der Waals surface area contributed by atoms with Gasteiger partial charge in [-0.1, -0.05) is 23.2 Å². The second kappa shape index (κ2) is 11.2. The van der Waals surface area contributed by atoms with E-state index in [1.54, 1.807) is 6.07 Å². The second-order valence-corrected chi connectivity index (χ2v) is 9.27. The predicted octanol–water partition coefficient (Wildman–Crippen LogP) is 5.53. The number of hydrogen-bond acceptors (Lipinski definition) is 4. The van der Waals surface area contributed by atoms with Crippen molar-refractivity contribution in [3.8, 4) is 0 Å². The van der Waals surface area contributed by atoms with Gasteiger partial charge in [0.2, 0.25) is 17.0 Å². The van der Waals surface area contributed by atoms with E-state index in [4.69, 9.17) is 35.4 Å². The zero-order chi connectivity index (χ0) is 24.9. The molecule has 11 heteroatoms. The number of aliphatic imine (C=N–C) groups is 1. The molecule has 0 radical (unpaired) electrons. The molecule has 0 atom stereocenters. The fourth-order valence-electron chi connectivity index (χ4n) is 3.71. The van der Waals surface area contributed by atoms with Crippen LogP contribution in [0.25, 0.3) is 0 Å². The fraction of sp³-hybridized carbons (Fsp3) is 0.250. The smallest absolute Gasteiger partial charge is 0.229 e. The lowest BCUT2D eigenvalue weighted by atomic mass is 10.2. The molecule has 1 aliphatic heterocycles. The summed E-state index contributed by atoms with van der Waals surface area (Å²) in [6, 6.07) is 14.0. The van der Waals surface area contributed by atoms with E-state index in [0.29, 0.717) is 35.7 Å². The highest BCUT2D eigenvalue weighted by molar-refractivity contribution is 7.80. The van der Waals surface area contributed by atoms with Gasteiger partial charge in [0.05, 0.1) is 5.02 Å². The quantitative estimate of drug-likeness (QED) is 0.261. The summed E-state index contributed by atoms with van der Waals surface area (Å²) in [5.41, 5.74) is 3.34. The minimum atomic E-state index is -0.500. The summed E-state index contributed by atoms with van der Waals surface area (Å²) in [6.07, 6.45) is 0. The van der Waals surface area contributed by atoms with Gasteiger partial charge in [-0.25, -0.2) is 14.4 Å². The van der Waals surface area contributed by atoms with E-state index in [9.17, 15) is 4.39 Å². The minimum absolute atomic E-state index is 0.00193. The molecule has 2 heterocycles. The SMILES string of the molecule is Cc1cc(C)nc(N/C(=N/C(=S)Nc2ccc(F)c(Cl)c2)N2CCN(c3ccc(Cl)cc3)CC2)n1. The number of hydrogen-bond donors (Lipinski definition) is 2. The van der Waals surface area contributed by atoms with Crippen molar-refractivity contribution in [3.05, 3.63) is 75.8 Å². The number of thiocarbonyl (C=S) groups is 1. The van der Waals surface area contributed by atoms with E-state index in [2.05, 4.69) is 35.4 Å². The molecule has 7 nitrogen and oxygen atoms in total. The maximum Gasteiger partial charge on any atom is 0.229 e. The van der Waals surface area contributed by atoms with Crippen LogP contribution >= 0.6 is 35.4 Å². The summed E-state index contributed by atoms with van der Waals surface area (Å²) >= 11 is 17.4. The molecule has 2 N–H and O–H groups in total. The number of nitrogens with one attached hydrogen (secondary N) is 2. The zero-order valence-electron chi connectivity index (χ0n) is 19.2. The van der Waals surface area contributed by atoms with Crippen LogP contribution in [0.5, 0.6) is 0 Å². The van der Waals surface area contributed by atoms with Crippen LogP contribution in [0.15, 0.2) is 53.5 Å². The third kappa shape index (κ3) is 6.78. The van der Waals surface area contributed by atoms with Crippen LogP contribution in [0.3, 0.4) is 0 Å². The first-order valence-corrected chi connectivity index (χ1v) is 12.1. The van der Waals surface area contributed by atoms with Crippen molar-refractivity contribution in [2.24, 2.45) is 4.99 Å². The number of nitrogens with zero attached hydrogens (tertiary/aromatic N) is 5. The van der Waals surface area contributed by atoms with Crippen LogP contribution < -0.4 is 15.5 Å². The van der Waals surface area contributed by atoms with Gasteiger partial charge in [0.1, 0.15) is 5.82 Å². The number of halogens is 3. The van der Waals surface area contributed by atoms with Crippen molar-refractivity contribution < 1.29 is 4.39 Å². The molecule has 0 saturated carbocycles. The van der Waals surface area contributed by atoms with Crippen LogP contribution in [-0.4, -0.2) is 52.1 Å². The largest absolute Gasteiger partial charge is 0.368 e. The topological polar surface area (TPSA) is 68.7 Å². The maximum absolute atomic E-state index is 13.5. The zero-order valence-corrected chi connectivity index (χ0v) is 21.6. The number of benzene rings is 2. The average Bonchev–Trinajstić information content (AvgIpc) is 2.81. The van der Waals surface area contributed by atoms with E-state index in [-0.39, 0.29) is 10.1 Å². The fourth-order valence-corrected chi connectivity index (χ4v) is 4.22. The lowest BCUT2D eigenvalue weighted by molar-refractivity contribution is 0.385. The van der Waals surface area contributed by atoms with E-state index >= 15 is 0 Å². The minimum Gasteiger partial charge on any atom is -0.368 e. The molecule has 182 valence electrons. The molecule has 2 aromatic carbocycles. The highest BCUT2D eigenvalue weighted by Crippen LogP contribution is 2.21. The van der Waals surface area contributed by atoms with Crippen molar-refractivity contribution in [3.63, 3.8) is 0 Å². The molecule has 1 saturated heterocycles. The van der Waals surface area contributed by atoms with Crippen molar-refractivity contribution in [2.45, 2.75) is 13.8 Å².